The maximum atomic E-state index is 9.83. The average Bonchev–Trinajstić information content (AvgIpc) is 3.56. The van der Waals surface area contributed by atoms with E-state index in [4.69, 9.17) is 0 Å². The number of H-pyrrole nitrogens is 4. The molecule has 33 heavy (non-hydrogen) atoms. The normalized spacial score (nSPS) is 8.73. The zero-order chi connectivity index (χ0) is 23.9. The van der Waals surface area contributed by atoms with Crippen molar-refractivity contribution in [3.8, 4) is 0 Å². The zero-order valence-corrected chi connectivity index (χ0v) is 18.5. The van der Waals surface area contributed by atoms with E-state index in [0.717, 1.165) is 24.8 Å². The fraction of sp³-hybridized carbons (Fsp3) is 0. The number of carbonyl (C=O) groups excluding carboxylic acids is 4. The number of carboxylic acids is 4. The fourth-order valence-corrected chi connectivity index (χ4v) is 1.20. The van der Waals surface area contributed by atoms with Crippen LogP contribution in [0.25, 0.3) is 0 Å². The van der Waals surface area contributed by atoms with Crippen LogP contribution >= 0.6 is 0 Å². The first-order valence-corrected chi connectivity index (χ1v) is 7.50. The van der Waals surface area contributed by atoms with Gasteiger partial charge in [-0.1, -0.05) is 0 Å². The SMILES string of the molecule is O=C([O-])c1cn[nH]n1.O=C([O-])c1cn[nH]n1.O=C([O-])c1cn[nH]n1.O=C([O-])c1cn[nH]n1.[Sn+4]. The maximum absolute atomic E-state index is 9.83. The van der Waals surface area contributed by atoms with Crippen LogP contribution in [0.3, 0.4) is 0 Å². The standard InChI is InChI=1S/4C3H3N3O2.Sn/c4*7-3(8)2-1-4-6-5-2;/h4*1H,(H,7,8)(H,4,5,6);/q;;;;+4/p-4. The third-order valence-electron chi connectivity index (χ3n) is 2.50. The van der Waals surface area contributed by atoms with Gasteiger partial charge in [-0.25, -0.2) is 0 Å². The van der Waals surface area contributed by atoms with Gasteiger partial charge in [0.05, 0.1) is 48.7 Å². The number of nitrogens with one attached hydrogen (secondary N) is 4. The van der Waals surface area contributed by atoms with E-state index in [1.807, 2.05) is 0 Å². The molecule has 4 aromatic rings. The Morgan fingerprint density at radius 1 is 0.485 bits per heavy atom. The van der Waals surface area contributed by atoms with Crippen molar-refractivity contribution >= 4 is 47.8 Å². The van der Waals surface area contributed by atoms with E-state index in [-0.39, 0.29) is 46.7 Å². The molecule has 0 aliphatic heterocycles. The van der Waals surface area contributed by atoms with Crippen LogP contribution < -0.4 is 20.4 Å². The van der Waals surface area contributed by atoms with Crippen molar-refractivity contribution < 1.29 is 39.6 Å². The van der Waals surface area contributed by atoms with Crippen molar-refractivity contribution in [3.63, 3.8) is 0 Å². The first kappa shape index (κ1) is 28.2. The second kappa shape index (κ2) is 15.1. The molecule has 0 atom stereocenters. The molecule has 0 amide bonds. The summed E-state index contributed by atoms with van der Waals surface area (Å²) in [6.07, 6.45) is 4.31. The Hall–Kier alpha value is -4.76. The molecule has 0 saturated carbocycles. The van der Waals surface area contributed by atoms with Crippen LogP contribution in [0.15, 0.2) is 24.8 Å². The summed E-state index contributed by atoms with van der Waals surface area (Å²) < 4.78 is 0. The maximum Gasteiger partial charge on any atom is 4.00 e. The third-order valence-corrected chi connectivity index (χ3v) is 2.50. The molecule has 168 valence electrons. The summed E-state index contributed by atoms with van der Waals surface area (Å²) in [6, 6.07) is 0. The second-order valence-corrected chi connectivity index (χ2v) is 4.57. The molecule has 0 aliphatic carbocycles. The average molecular weight is 567 g/mol. The molecule has 0 bridgehead atoms. The summed E-state index contributed by atoms with van der Waals surface area (Å²) in [5.41, 5.74) is -0.704. The van der Waals surface area contributed by atoms with Crippen LogP contribution in [-0.4, -0.2) is 109 Å². The van der Waals surface area contributed by atoms with Crippen LogP contribution in [0, 0.1) is 0 Å². The second-order valence-electron chi connectivity index (χ2n) is 4.57. The largest absolute Gasteiger partial charge is 4.00 e. The number of aromatic amines is 4. The van der Waals surface area contributed by atoms with E-state index in [9.17, 15) is 39.6 Å². The number of carboxylic acid groups (broad SMARTS) is 4. The van der Waals surface area contributed by atoms with Crippen molar-refractivity contribution in [3.05, 3.63) is 47.6 Å². The van der Waals surface area contributed by atoms with Gasteiger partial charge >= 0.3 is 23.9 Å². The Bertz CT molecular complexity index is 905. The molecule has 0 radical (unpaired) electrons. The predicted molar refractivity (Wildman–Crippen MR) is 88.6 cm³/mol. The number of carbonyl (C=O) groups is 4. The molecule has 0 fully saturated rings. The Balaban J connectivity index is 0.000000410. The van der Waals surface area contributed by atoms with Crippen molar-refractivity contribution in [2.75, 3.05) is 0 Å². The molecule has 4 N–H and O–H groups in total. The Morgan fingerprint density at radius 2 is 0.667 bits per heavy atom. The van der Waals surface area contributed by atoms with Gasteiger partial charge in [-0.3, -0.25) is 0 Å². The minimum Gasteiger partial charge on any atom is -0.543 e. The smallest absolute Gasteiger partial charge is 0.543 e. The van der Waals surface area contributed by atoms with Crippen molar-refractivity contribution in [1.29, 1.82) is 0 Å². The molecule has 4 rings (SSSR count). The summed E-state index contributed by atoms with van der Waals surface area (Å²) in [4.78, 5) is 39.3. The Morgan fingerprint density at radius 3 is 0.727 bits per heavy atom. The van der Waals surface area contributed by atoms with E-state index >= 15 is 0 Å². The van der Waals surface area contributed by atoms with Gasteiger partial charge in [-0.15, -0.1) is 0 Å². The zero-order valence-electron chi connectivity index (χ0n) is 15.7. The van der Waals surface area contributed by atoms with E-state index in [1.165, 1.54) is 0 Å². The topological polar surface area (TPSA) is 327 Å². The van der Waals surface area contributed by atoms with Crippen LogP contribution in [-0.2, 0) is 0 Å². The summed E-state index contributed by atoms with van der Waals surface area (Å²) in [5.74, 6) is -5.28. The summed E-state index contributed by atoms with van der Waals surface area (Å²) >= 11 is 0. The van der Waals surface area contributed by atoms with E-state index in [0.29, 0.717) is 0 Å². The third kappa shape index (κ3) is 11.3. The van der Waals surface area contributed by atoms with Gasteiger partial charge in [-0.05, 0) is 0 Å². The molecule has 21 heteroatoms. The van der Waals surface area contributed by atoms with Crippen LogP contribution in [0.4, 0.5) is 0 Å². The van der Waals surface area contributed by atoms with Gasteiger partial charge in [0.15, 0.2) is 0 Å². The van der Waals surface area contributed by atoms with E-state index in [2.05, 4.69) is 61.6 Å². The number of aromatic carboxylic acids is 4. The summed E-state index contributed by atoms with van der Waals surface area (Å²) in [7, 11) is 0. The quantitative estimate of drug-likeness (QED) is 0.166. The molecular formula is C12H8N12O8Sn. The molecule has 0 aromatic carbocycles. The van der Waals surface area contributed by atoms with Crippen molar-refractivity contribution in [2.24, 2.45) is 0 Å². The van der Waals surface area contributed by atoms with Crippen LogP contribution in [0.1, 0.15) is 42.0 Å². The molecule has 4 aromatic heterocycles. The Labute approximate surface area is 196 Å². The minimum atomic E-state index is -1.32. The first-order valence-electron chi connectivity index (χ1n) is 7.50. The van der Waals surface area contributed by atoms with Gasteiger partial charge in [0.2, 0.25) is 0 Å². The molecule has 0 saturated heterocycles. The van der Waals surface area contributed by atoms with Gasteiger partial charge in [-0.2, -0.15) is 61.6 Å². The molecule has 0 unspecified atom stereocenters. The molecule has 4 heterocycles. The van der Waals surface area contributed by atoms with E-state index in [1.54, 1.807) is 0 Å². The number of rotatable bonds is 4. The number of hydrogen-bond donors (Lipinski definition) is 4. The molecule has 20 nitrogen and oxygen atoms in total. The summed E-state index contributed by atoms with van der Waals surface area (Å²) in [6.45, 7) is 0. The van der Waals surface area contributed by atoms with Gasteiger partial charge in [0.1, 0.15) is 22.8 Å². The van der Waals surface area contributed by atoms with Crippen molar-refractivity contribution in [1.82, 2.24) is 61.6 Å². The number of nitrogens with zero attached hydrogens (tertiary/aromatic N) is 8. The van der Waals surface area contributed by atoms with Gasteiger partial charge in [0.25, 0.3) is 0 Å². The molecular weight excluding hydrogens is 559 g/mol. The fourth-order valence-electron chi connectivity index (χ4n) is 1.20. The Kier molecular flexibility index (Phi) is 12.9. The monoisotopic (exact) mass is 568 g/mol. The van der Waals surface area contributed by atoms with E-state index < -0.39 is 23.9 Å². The van der Waals surface area contributed by atoms with Gasteiger partial charge < -0.3 is 39.6 Å². The molecule has 0 aliphatic rings. The summed E-state index contributed by atoms with van der Waals surface area (Å²) in [5, 5.41) is 73.7. The van der Waals surface area contributed by atoms with Gasteiger partial charge in [0, 0.05) is 0 Å². The minimum absolute atomic E-state index is 0. The van der Waals surface area contributed by atoms with Crippen molar-refractivity contribution in [2.45, 2.75) is 0 Å². The number of aromatic nitrogens is 12. The van der Waals surface area contributed by atoms with Crippen LogP contribution in [0.2, 0.25) is 0 Å². The predicted octanol–water partition coefficient (Wildman–Crippen LogP) is -7.71. The first-order chi connectivity index (χ1) is 15.2. The number of hydrogen-bond acceptors (Lipinski definition) is 16. The molecule has 0 spiro atoms. The van der Waals surface area contributed by atoms with Crippen LogP contribution in [0.5, 0.6) is 0 Å².